The molecule has 1 unspecified atom stereocenters. The van der Waals surface area contributed by atoms with E-state index in [9.17, 15) is 4.79 Å². The van der Waals surface area contributed by atoms with Gasteiger partial charge < -0.3 is 20.1 Å². The molecule has 1 atom stereocenters. The smallest absolute Gasteiger partial charge is 0.246 e. The van der Waals surface area contributed by atoms with Gasteiger partial charge in [-0.25, -0.2) is 0 Å². The summed E-state index contributed by atoms with van der Waals surface area (Å²) in [5.41, 5.74) is 5.97. The van der Waals surface area contributed by atoms with E-state index in [1.807, 2.05) is 54.6 Å². The highest BCUT2D eigenvalue weighted by atomic mass is 16.5. The van der Waals surface area contributed by atoms with Crippen LogP contribution in [0.3, 0.4) is 0 Å². The molecule has 0 fully saturated rings. The predicted molar refractivity (Wildman–Crippen MR) is 94.1 cm³/mol. The van der Waals surface area contributed by atoms with E-state index >= 15 is 0 Å². The number of carbonyl (C=O) groups excluding carboxylic acids is 1. The molecule has 0 saturated heterocycles. The van der Waals surface area contributed by atoms with Crippen molar-refractivity contribution >= 4 is 5.91 Å². The molecule has 0 aliphatic heterocycles. The first kappa shape index (κ1) is 17.8. The van der Waals surface area contributed by atoms with Crippen LogP contribution in [0.1, 0.15) is 12.5 Å². The third-order valence-corrected chi connectivity index (χ3v) is 3.92. The molecule has 2 rings (SSSR count). The summed E-state index contributed by atoms with van der Waals surface area (Å²) in [5.74, 6) is 1.16. The summed E-state index contributed by atoms with van der Waals surface area (Å²) in [4.78, 5) is 14.2. The molecule has 0 bridgehead atoms. The second-order valence-electron chi connectivity index (χ2n) is 5.79. The van der Waals surface area contributed by atoms with E-state index in [0.717, 1.165) is 5.56 Å². The summed E-state index contributed by atoms with van der Waals surface area (Å²) < 4.78 is 10.9. The standard InChI is InChI=1S/C19H24N2O3/c1-19(20,15-9-5-4-6-10-15)18(22)21(2)13-14-24-17-12-8-7-11-16(17)23-3/h4-12H,13-14,20H2,1-3H3. The molecule has 0 aromatic heterocycles. The van der Waals surface area contributed by atoms with Crippen molar-refractivity contribution in [1.29, 1.82) is 0 Å². The number of nitrogens with two attached hydrogens (primary N) is 1. The fourth-order valence-corrected chi connectivity index (χ4v) is 2.44. The average Bonchev–Trinajstić information content (AvgIpc) is 2.62. The first-order valence-electron chi connectivity index (χ1n) is 7.82. The van der Waals surface area contributed by atoms with E-state index in [1.165, 1.54) is 0 Å². The topological polar surface area (TPSA) is 64.8 Å². The number of carbonyl (C=O) groups is 1. The van der Waals surface area contributed by atoms with Crippen molar-refractivity contribution in [1.82, 2.24) is 4.90 Å². The minimum Gasteiger partial charge on any atom is -0.493 e. The number of hydrogen-bond acceptors (Lipinski definition) is 4. The van der Waals surface area contributed by atoms with Crippen LogP contribution in [0.25, 0.3) is 0 Å². The molecule has 2 N–H and O–H groups in total. The van der Waals surface area contributed by atoms with Gasteiger partial charge in [0.05, 0.1) is 13.7 Å². The van der Waals surface area contributed by atoms with E-state index in [2.05, 4.69) is 0 Å². The Balaban J connectivity index is 1.94. The molecule has 1 amide bonds. The number of para-hydroxylation sites is 2. The van der Waals surface area contributed by atoms with E-state index in [4.69, 9.17) is 15.2 Å². The Hall–Kier alpha value is -2.53. The van der Waals surface area contributed by atoms with Crippen LogP contribution in [0.15, 0.2) is 54.6 Å². The number of amides is 1. The van der Waals surface area contributed by atoms with E-state index in [-0.39, 0.29) is 5.91 Å². The van der Waals surface area contributed by atoms with Gasteiger partial charge in [-0.1, -0.05) is 42.5 Å². The van der Waals surface area contributed by atoms with Crippen molar-refractivity contribution in [3.05, 3.63) is 60.2 Å². The first-order valence-corrected chi connectivity index (χ1v) is 7.82. The van der Waals surface area contributed by atoms with Crippen LogP contribution in [0.2, 0.25) is 0 Å². The molecule has 128 valence electrons. The minimum atomic E-state index is -1.07. The molecule has 0 aliphatic rings. The number of nitrogens with zero attached hydrogens (tertiary/aromatic N) is 1. The molecule has 5 nitrogen and oxygen atoms in total. The SMILES string of the molecule is COc1ccccc1OCCN(C)C(=O)C(C)(N)c1ccccc1. The number of benzene rings is 2. The fraction of sp³-hybridized carbons (Fsp3) is 0.316. The van der Waals surface area contributed by atoms with Gasteiger partial charge in [-0.3, -0.25) is 4.79 Å². The first-order chi connectivity index (χ1) is 11.5. The molecule has 0 spiro atoms. The molecule has 24 heavy (non-hydrogen) atoms. The van der Waals surface area contributed by atoms with Crippen LogP contribution in [0.4, 0.5) is 0 Å². The van der Waals surface area contributed by atoms with Crippen molar-refractivity contribution in [2.24, 2.45) is 5.73 Å². The monoisotopic (exact) mass is 328 g/mol. The van der Waals surface area contributed by atoms with Crippen LogP contribution in [-0.4, -0.2) is 38.1 Å². The van der Waals surface area contributed by atoms with Crippen LogP contribution in [0.5, 0.6) is 11.5 Å². The normalized spacial score (nSPS) is 13.0. The Morgan fingerprint density at radius 2 is 1.67 bits per heavy atom. The number of hydrogen-bond donors (Lipinski definition) is 1. The van der Waals surface area contributed by atoms with Crippen LogP contribution < -0.4 is 15.2 Å². The molecule has 0 heterocycles. The van der Waals surface area contributed by atoms with Gasteiger partial charge in [0.2, 0.25) is 5.91 Å². The van der Waals surface area contributed by atoms with Crippen LogP contribution in [0, 0.1) is 0 Å². The van der Waals surface area contributed by atoms with Gasteiger partial charge in [-0.2, -0.15) is 0 Å². The highest BCUT2D eigenvalue weighted by Gasteiger charge is 2.32. The molecule has 5 heteroatoms. The Labute approximate surface area is 143 Å². The lowest BCUT2D eigenvalue weighted by Gasteiger charge is -2.29. The molecular formula is C19H24N2O3. The number of methoxy groups -OCH3 is 1. The Morgan fingerprint density at radius 1 is 1.08 bits per heavy atom. The fourth-order valence-electron chi connectivity index (χ4n) is 2.44. The van der Waals surface area contributed by atoms with Gasteiger partial charge in [0.25, 0.3) is 0 Å². The maximum absolute atomic E-state index is 12.7. The lowest BCUT2D eigenvalue weighted by atomic mass is 9.92. The molecular weight excluding hydrogens is 304 g/mol. The Bertz CT molecular complexity index is 671. The summed E-state index contributed by atoms with van der Waals surface area (Å²) >= 11 is 0. The van der Waals surface area contributed by atoms with Gasteiger partial charge in [0.15, 0.2) is 11.5 Å². The van der Waals surface area contributed by atoms with Crippen molar-refractivity contribution in [2.45, 2.75) is 12.5 Å². The molecule has 0 saturated carbocycles. The Morgan fingerprint density at radius 3 is 2.29 bits per heavy atom. The number of ether oxygens (including phenoxy) is 2. The third-order valence-electron chi connectivity index (χ3n) is 3.92. The van der Waals surface area contributed by atoms with Gasteiger partial charge in [0, 0.05) is 7.05 Å². The van der Waals surface area contributed by atoms with Crippen molar-refractivity contribution in [3.8, 4) is 11.5 Å². The largest absolute Gasteiger partial charge is 0.493 e. The molecule has 2 aromatic carbocycles. The zero-order chi connectivity index (χ0) is 17.6. The van der Waals surface area contributed by atoms with E-state index < -0.39 is 5.54 Å². The zero-order valence-electron chi connectivity index (χ0n) is 14.4. The van der Waals surface area contributed by atoms with Crippen molar-refractivity contribution in [3.63, 3.8) is 0 Å². The third kappa shape index (κ3) is 4.06. The lowest BCUT2D eigenvalue weighted by Crippen LogP contribution is -2.50. The van der Waals surface area contributed by atoms with E-state index in [1.54, 1.807) is 26.0 Å². The highest BCUT2D eigenvalue weighted by Crippen LogP contribution is 2.25. The summed E-state index contributed by atoms with van der Waals surface area (Å²) in [6.07, 6.45) is 0. The maximum Gasteiger partial charge on any atom is 0.246 e. The lowest BCUT2D eigenvalue weighted by molar-refractivity contribution is -0.135. The summed E-state index contributed by atoms with van der Waals surface area (Å²) in [6, 6.07) is 16.8. The second-order valence-corrected chi connectivity index (χ2v) is 5.79. The quantitative estimate of drug-likeness (QED) is 0.848. The van der Waals surface area contributed by atoms with Crippen LogP contribution in [-0.2, 0) is 10.3 Å². The maximum atomic E-state index is 12.7. The number of rotatable bonds is 7. The van der Waals surface area contributed by atoms with Gasteiger partial charge >= 0.3 is 0 Å². The molecule has 0 aliphatic carbocycles. The summed E-state index contributed by atoms with van der Waals surface area (Å²) in [5, 5.41) is 0. The van der Waals surface area contributed by atoms with Crippen molar-refractivity contribution < 1.29 is 14.3 Å². The highest BCUT2D eigenvalue weighted by molar-refractivity contribution is 5.86. The average molecular weight is 328 g/mol. The Kier molecular flexibility index (Phi) is 5.82. The molecule has 0 radical (unpaired) electrons. The van der Waals surface area contributed by atoms with E-state index in [0.29, 0.717) is 24.7 Å². The minimum absolute atomic E-state index is 0.155. The predicted octanol–water partition coefficient (Wildman–Crippen LogP) is 2.41. The van der Waals surface area contributed by atoms with Gasteiger partial charge in [-0.05, 0) is 24.6 Å². The summed E-state index contributed by atoms with van der Waals surface area (Å²) in [6.45, 7) is 2.51. The second kappa shape index (κ2) is 7.84. The molecule has 2 aromatic rings. The van der Waals surface area contributed by atoms with Crippen molar-refractivity contribution in [2.75, 3.05) is 27.3 Å². The van der Waals surface area contributed by atoms with Crippen LogP contribution >= 0.6 is 0 Å². The zero-order valence-corrected chi connectivity index (χ0v) is 14.4. The van der Waals surface area contributed by atoms with Gasteiger partial charge in [-0.15, -0.1) is 0 Å². The van der Waals surface area contributed by atoms with Gasteiger partial charge in [0.1, 0.15) is 12.1 Å². The summed E-state index contributed by atoms with van der Waals surface area (Å²) in [7, 11) is 3.32. The number of likely N-dealkylation sites (N-methyl/N-ethyl adjacent to an activating group) is 1.